The lowest BCUT2D eigenvalue weighted by Crippen LogP contribution is -2.30. The summed E-state index contributed by atoms with van der Waals surface area (Å²) in [6.07, 6.45) is 0.201. The molecule has 0 aliphatic heterocycles. The number of aryl methyl sites for hydroxylation is 1. The average Bonchev–Trinajstić information content (AvgIpc) is 2.32. The molecule has 0 saturated heterocycles. The molecule has 5 heteroatoms. The molecule has 4 nitrogen and oxygen atoms in total. The number of benzene rings is 1. The third-order valence-corrected chi connectivity index (χ3v) is 2.56. The minimum atomic E-state index is -0.520. The molecule has 1 N–H and O–H groups in total. The summed E-state index contributed by atoms with van der Waals surface area (Å²) in [5.41, 5.74) is 0.430. The highest BCUT2D eigenvalue weighted by Gasteiger charge is 2.13. The molecule has 0 radical (unpaired) electrons. The summed E-state index contributed by atoms with van der Waals surface area (Å²) in [6, 6.07) is 4.64. The Morgan fingerprint density at radius 3 is 2.61 bits per heavy atom. The largest absolute Gasteiger partial charge is 0.351 e. The number of hydrogen-bond donors (Lipinski definition) is 1. The molecule has 0 fully saturated rings. The maximum atomic E-state index is 13.6. The first-order valence-corrected chi connectivity index (χ1v) is 5.67. The molecular formula is C13H17FN2O2. The van der Waals surface area contributed by atoms with E-state index in [9.17, 15) is 14.0 Å². The van der Waals surface area contributed by atoms with Gasteiger partial charge in [0.2, 0.25) is 5.91 Å². The second kappa shape index (κ2) is 6.14. The topological polar surface area (TPSA) is 49.4 Å². The zero-order chi connectivity index (χ0) is 13.7. The SMILES string of the molecule is Cc1cccc(C(=O)NCCC(=O)N(C)C)c1F. The van der Waals surface area contributed by atoms with E-state index in [2.05, 4.69) is 5.32 Å². The normalized spacial score (nSPS) is 10.0. The van der Waals surface area contributed by atoms with Crippen molar-refractivity contribution < 1.29 is 14.0 Å². The van der Waals surface area contributed by atoms with Crippen molar-refractivity contribution in [1.82, 2.24) is 10.2 Å². The molecule has 0 atom stereocenters. The van der Waals surface area contributed by atoms with Gasteiger partial charge in [0.15, 0.2) is 0 Å². The van der Waals surface area contributed by atoms with Crippen LogP contribution in [0.4, 0.5) is 4.39 Å². The van der Waals surface area contributed by atoms with Crippen LogP contribution >= 0.6 is 0 Å². The molecule has 0 spiro atoms. The summed E-state index contributed by atoms with van der Waals surface area (Å²) in [5.74, 6) is -1.10. The van der Waals surface area contributed by atoms with E-state index in [1.54, 1.807) is 33.2 Å². The van der Waals surface area contributed by atoms with Gasteiger partial charge < -0.3 is 10.2 Å². The quantitative estimate of drug-likeness (QED) is 0.879. The van der Waals surface area contributed by atoms with E-state index in [0.717, 1.165) is 0 Å². The molecule has 2 amide bonds. The monoisotopic (exact) mass is 252 g/mol. The Morgan fingerprint density at radius 1 is 1.33 bits per heavy atom. The van der Waals surface area contributed by atoms with Gasteiger partial charge in [0.05, 0.1) is 5.56 Å². The lowest BCUT2D eigenvalue weighted by molar-refractivity contribution is -0.128. The predicted octanol–water partition coefficient (Wildman–Crippen LogP) is 1.34. The molecular weight excluding hydrogens is 235 g/mol. The first kappa shape index (κ1) is 14.2. The highest BCUT2D eigenvalue weighted by Crippen LogP contribution is 2.11. The number of halogens is 1. The van der Waals surface area contributed by atoms with Crippen molar-refractivity contribution in [3.05, 3.63) is 35.1 Å². The predicted molar refractivity (Wildman–Crippen MR) is 66.8 cm³/mol. The smallest absolute Gasteiger partial charge is 0.254 e. The first-order valence-electron chi connectivity index (χ1n) is 5.67. The third kappa shape index (κ3) is 3.55. The molecule has 0 aliphatic carbocycles. The maximum Gasteiger partial charge on any atom is 0.254 e. The van der Waals surface area contributed by atoms with Crippen molar-refractivity contribution in [3.8, 4) is 0 Å². The van der Waals surface area contributed by atoms with E-state index in [0.29, 0.717) is 5.56 Å². The Kier molecular flexibility index (Phi) is 4.83. The van der Waals surface area contributed by atoms with Crippen molar-refractivity contribution in [1.29, 1.82) is 0 Å². The fourth-order valence-electron chi connectivity index (χ4n) is 1.42. The highest BCUT2D eigenvalue weighted by atomic mass is 19.1. The van der Waals surface area contributed by atoms with Crippen LogP contribution in [0.5, 0.6) is 0 Å². The first-order chi connectivity index (χ1) is 8.43. The summed E-state index contributed by atoms with van der Waals surface area (Å²) < 4.78 is 13.6. The zero-order valence-electron chi connectivity index (χ0n) is 10.8. The van der Waals surface area contributed by atoms with Crippen LogP contribution in [0, 0.1) is 12.7 Å². The second-order valence-electron chi connectivity index (χ2n) is 4.23. The number of amides is 2. The van der Waals surface area contributed by atoms with E-state index < -0.39 is 11.7 Å². The van der Waals surface area contributed by atoms with Gasteiger partial charge in [-0.15, -0.1) is 0 Å². The minimum Gasteiger partial charge on any atom is -0.351 e. The standard InChI is InChI=1S/C13H17FN2O2/c1-9-5-4-6-10(12(9)14)13(18)15-8-7-11(17)16(2)3/h4-6H,7-8H2,1-3H3,(H,15,18). The summed E-state index contributed by atoms with van der Waals surface area (Å²) >= 11 is 0. The molecule has 1 aromatic carbocycles. The Labute approximate surface area is 106 Å². The number of carbonyl (C=O) groups is 2. The van der Waals surface area contributed by atoms with Gasteiger partial charge in [-0.2, -0.15) is 0 Å². The van der Waals surface area contributed by atoms with E-state index in [1.807, 2.05) is 0 Å². The summed E-state index contributed by atoms with van der Waals surface area (Å²) in [4.78, 5) is 24.4. The molecule has 0 unspecified atom stereocenters. The number of hydrogen-bond acceptors (Lipinski definition) is 2. The minimum absolute atomic E-state index is 0.00676. The van der Waals surface area contributed by atoms with Gasteiger partial charge in [0.25, 0.3) is 5.91 Å². The summed E-state index contributed by atoms with van der Waals surface area (Å²) in [7, 11) is 3.29. The Hall–Kier alpha value is -1.91. The van der Waals surface area contributed by atoms with Crippen molar-refractivity contribution in [3.63, 3.8) is 0 Å². The van der Waals surface area contributed by atoms with Crippen LogP contribution in [-0.4, -0.2) is 37.4 Å². The van der Waals surface area contributed by atoms with Gasteiger partial charge in [-0.1, -0.05) is 12.1 Å². The average molecular weight is 252 g/mol. The van der Waals surface area contributed by atoms with E-state index in [-0.39, 0.29) is 24.4 Å². The van der Waals surface area contributed by atoms with Crippen LogP contribution in [0.1, 0.15) is 22.3 Å². The number of nitrogens with one attached hydrogen (secondary N) is 1. The zero-order valence-corrected chi connectivity index (χ0v) is 10.8. The Morgan fingerprint density at radius 2 is 2.00 bits per heavy atom. The van der Waals surface area contributed by atoms with Crippen LogP contribution in [-0.2, 0) is 4.79 Å². The van der Waals surface area contributed by atoms with Crippen molar-refractivity contribution in [2.24, 2.45) is 0 Å². The van der Waals surface area contributed by atoms with Crippen LogP contribution in [0.15, 0.2) is 18.2 Å². The van der Waals surface area contributed by atoms with Crippen molar-refractivity contribution in [2.75, 3.05) is 20.6 Å². The molecule has 0 aliphatic rings. The molecule has 1 rings (SSSR count). The van der Waals surface area contributed by atoms with Crippen LogP contribution < -0.4 is 5.32 Å². The summed E-state index contributed by atoms with van der Waals surface area (Å²) in [6.45, 7) is 1.80. The molecule has 18 heavy (non-hydrogen) atoms. The number of rotatable bonds is 4. The van der Waals surface area contributed by atoms with Gasteiger partial charge in [0.1, 0.15) is 5.82 Å². The number of carbonyl (C=O) groups excluding carboxylic acids is 2. The van der Waals surface area contributed by atoms with Gasteiger partial charge >= 0.3 is 0 Å². The van der Waals surface area contributed by atoms with E-state index in [1.165, 1.54) is 11.0 Å². The van der Waals surface area contributed by atoms with Crippen LogP contribution in [0.2, 0.25) is 0 Å². The van der Waals surface area contributed by atoms with Crippen LogP contribution in [0.25, 0.3) is 0 Å². The molecule has 0 bridgehead atoms. The van der Waals surface area contributed by atoms with Gasteiger partial charge in [0, 0.05) is 27.1 Å². The van der Waals surface area contributed by atoms with Crippen molar-refractivity contribution >= 4 is 11.8 Å². The summed E-state index contributed by atoms with van der Waals surface area (Å²) in [5, 5.41) is 2.53. The van der Waals surface area contributed by atoms with Gasteiger partial charge in [-0.3, -0.25) is 9.59 Å². The second-order valence-corrected chi connectivity index (χ2v) is 4.23. The maximum absolute atomic E-state index is 13.6. The van der Waals surface area contributed by atoms with Gasteiger partial charge in [-0.05, 0) is 18.6 Å². The van der Waals surface area contributed by atoms with E-state index in [4.69, 9.17) is 0 Å². The fraction of sp³-hybridized carbons (Fsp3) is 0.385. The highest BCUT2D eigenvalue weighted by molar-refractivity contribution is 5.94. The van der Waals surface area contributed by atoms with E-state index >= 15 is 0 Å². The van der Waals surface area contributed by atoms with Crippen molar-refractivity contribution in [2.45, 2.75) is 13.3 Å². The Bertz CT molecular complexity index is 458. The Balaban J connectivity index is 2.56. The van der Waals surface area contributed by atoms with Gasteiger partial charge in [-0.25, -0.2) is 4.39 Å². The van der Waals surface area contributed by atoms with Crippen LogP contribution in [0.3, 0.4) is 0 Å². The molecule has 0 heterocycles. The lowest BCUT2D eigenvalue weighted by Gasteiger charge is -2.11. The third-order valence-electron chi connectivity index (χ3n) is 2.56. The fourth-order valence-corrected chi connectivity index (χ4v) is 1.42. The number of nitrogens with zero attached hydrogens (tertiary/aromatic N) is 1. The molecule has 98 valence electrons. The molecule has 1 aromatic rings. The molecule has 0 aromatic heterocycles. The molecule has 0 saturated carbocycles. The lowest BCUT2D eigenvalue weighted by atomic mass is 10.1.